The molecule has 1 amide bonds. The van der Waals surface area contributed by atoms with Crippen LogP contribution >= 0.6 is 0 Å². The van der Waals surface area contributed by atoms with Gasteiger partial charge in [-0.15, -0.1) is 0 Å². The summed E-state index contributed by atoms with van der Waals surface area (Å²) in [5, 5.41) is 0. The molecule has 118 valence electrons. The quantitative estimate of drug-likeness (QED) is 0.740. The number of amides is 1. The van der Waals surface area contributed by atoms with Crippen LogP contribution in [-0.4, -0.2) is 57.1 Å². The lowest BCUT2D eigenvalue weighted by atomic mass is 9.96. The monoisotopic (exact) mass is 311 g/mol. The third-order valence-electron chi connectivity index (χ3n) is 2.82. The highest BCUT2D eigenvalue weighted by Crippen LogP contribution is 2.23. The number of ether oxygens (including phenoxy) is 1. The van der Waals surface area contributed by atoms with Crippen molar-refractivity contribution in [1.82, 2.24) is 4.90 Å². The standard InChI is InChI=1S/C12H22FNO5S/c1-12(2,3)19-11(15)14-6-5-9(10(13)7-14)8-18-20(4,16)17/h9-10H,5-8H2,1-4H3. The van der Waals surface area contributed by atoms with Crippen molar-refractivity contribution in [3.05, 3.63) is 0 Å². The highest BCUT2D eigenvalue weighted by Gasteiger charge is 2.34. The normalized spacial score (nSPS) is 24.6. The maximum Gasteiger partial charge on any atom is 0.410 e. The molecular formula is C12H22FNO5S. The number of hydrogen-bond acceptors (Lipinski definition) is 5. The second-order valence-corrected chi connectivity index (χ2v) is 7.62. The van der Waals surface area contributed by atoms with Crippen molar-refractivity contribution in [3.8, 4) is 0 Å². The molecule has 2 atom stereocenters. The molecule has 0 bridgehead atoms. The average Bonchev–Trinajstić information content (AvgIpc) is 2.23. The van der Waals surface area contributed by atoms with Crippen LogP contribution in [0.5, 0.6) is 0 Å². The minimum Gasteiger partial charge on any atom is -0.444 e. The molecule has 1 aliphatic rings. The number of piperidine rings is 1. The molecule has 0 aromatic carbocycles. The van der Waals surface area contributed by atoms with Gasteiger partial charge in [0.05, 0.1) is 19.4 Å². The van der Waals surface area contributed by atoms with Gasteiger partial charge in [0.2, 0.25) is 0 Å². The van der Waals surface area contributed by atoms with Gasteiger partial charge in [-0.3, -0.25) is 4.18 Å². The van der Waals surface area contributed by atoms with Crippen LogP contribution in [0.2, 0.25) is 0 Å². The molecule has 6 nitrogen and oxygen atoms in total. The Balaban J connectivity index is 2.49. The number of halogens is 1. The largest absolute Gasteiger partial charge is 0.444 e. The Hall–Kier alpha value is -0.890. The first-order valence-electron chi connectivity index (χ1n) is 6.44. The summed E-state index contributed by atoms with van der Waals surface area (Å²) in [6.07, 6.45) is -0.605. The molecule has 1 heterocycles. The highest BCUT2D eigenvalue weighted by atomic mass is 32.2. The van der Waals surface area contributed by atoms with E-state index in [1.165, 1.54) is 4.90 Å². The molecule has 0 spiro atoms. The van der Waals surface area contributed by atoms with E-state index in [9.17, 15) is 17.6 Å². The van der Waals surface area contributed by atoms with Gasteiger partial charge >= 0.3 is 6.09 Å². The summed E-state index contributed by atoms with van der Waals surface area (Å²) in [6.45, 7) is 5.25. The van der Waals surface area contributed by atoms with Gasteiger partial charge in [-0.2, -0.15) is 8.42 Å². The van der Waals surface area contributed by atoms with Crippen molar-refractivity contribution in [1.29, 1.82) is 0 Å². The Morgan fingerprint density at radius 3 is 2.45 bits per heavy atom. The van der Waals surface area contributed by atoms with E-state index >= 15 is 0 Å². The Kier molecular flexibility index (Phi) is 5.37. The van der Waals surface area contributed by atoms with Crippen LogP contribution < -0.4 is 0 Å². The Labute approximate surface area is 119 Å². The van der Waals surface area contributed by atoms with E-state index in [1.807, 2.05) is 0 Å². The number of rotatable bonds is 3. The zero-order chi connectivity index (χ0) is 15.6. The molecule has 1 aliphatic heterocycles. The molecule has 1 fully saturated rings. The molecular weight excluding hydrogens is 289 g/mol. The fraction of sp³-hybridized carbons (Fsp3) is 0.917. The molecule has 1 saturated heterocycles. The zero-order valence-corrected chi connectivity index (χ0v) is 13.1. The van der Waals surface area contributed by atoms with Crippen molar-refractivity contribution >= 4 is 16.2 Å². The van der Waals surface area contributed by atoms with Crippen molar-refractivity contribution in [2.75, 3.05) is 26.0 Å². The Morgan fingerprint density at radius 1 is 1.40 bits per heavy atom. The predicted molar refractivity (Wildman–Crippen MR) is 71.6 cm³/mol. The third kappa shape index (κ3) is 6.04. The van der Waals surface area contributed by atoms with Crippen LogP contribution in [0, 0.1) is 5.92 Å². The second kappa shape index (κ2) is 6.26. The lowest BCUT2D eigenvalue weighted by Gasteiger charge is -2.35. The van der Waals surface area contributed by atoms with Crippen molar-refractivity contribution in [2.24, 2.45) is 5.92 Å². The van der Waals surface area contributed by atoms with Gasteiger partial charge in [0, 0.05) is 12.5 Å². The van der Waals surface area contributed by atoms with E-state index in [2.05, 4.69) is 4.18 Å². The van der Waals surface area contributed by atoms with Crippen LogP contribution in [0.3, 0.4) is 0 Å². The van der Waals surface area contributed by atoms with Gasteiger partial charge in [-0.05, 0) is 27.2 Å². The van der Waals surface area contributed by atoms with Gasteiger partial charge in [0.25, 0.3) is 10.1 Å². The molecule has 0 aromatic heterocycles. The molecule has 0 saturated carbocycles. The minimum atomic E-state index is -3.57. The van der Waals surface area contributed by atoms with Crippen LogP contribution in [0.25, 0.3) is 0 Å². The topological polar surface area (TPSA) is 72.9 Å². The first-order valence-corrected chi connectivity index (χ1v) is 8.26. The first-order chi connectivity index (χ1) is 8.98. The summed E-state index contributed by atoms with van der Waals surface area (Å²) >= 11 is 0. The molecule has 0 aliphatic carbocycles. The van der Waals surface area contributed by atoms with E-state index in [-0.39, 0.29) is 13.2 Å². The molecule has 1 rings (SSSR count). The lowest BCUT2D eigenvalue weighted by Crippen LogP contribution is -2.47. The number of carbonyl (C=O) groups excluding carboxylic acids is 1. The Bertz CT molecular complexity index is 445. The predicted octanol–water partition coefficient (Wildman–Crippen LogP) is 1.56. The van der Waals surface area contributed by atoms with Crippen LogP contribution in [0.1, 0.15) is 27.2 Å². The summed E-state index contributed by atoms with van der Waals surface area (Å²) in [7, 11) is -3.57. The van der Waals surface area contributed by atoms with Gasteiger partial charge in [0.1, 0.15) is 11.8 Å². The maximum absolute atomic E-state index is 13.9. The fourth-order valence-corrected chi connectivity index (χ4v) is 2.27. The summed E-state index contributed by atoms with van der Waals surface area (Å²) in [5.74, 6) is -0.525. The second-order valence-electron chi connectivity index (χ2n) is 5.98. The number of hydrogen-bond donors (Lipinski definition) is 0. The van der Waals surface area contributed by atoms with Gasteiger partial charge in [-0.25, -0.2) is 9.18 Å². The summed E-state index contributed by atoms with van der Waals surface area (Å²) < 4.78 is 45.5. The minimum absolute atomic E-state index is 0.104. The van der Waals surface area contributed by atoms with E-state index in [0.717, 1.165) is 6.26 Å². The summed E-state index contributed by atoms with van der Waals surface area (Å²) in [6, 6.07) is 0. The van der Waals surface area contributed by atoms with E-state index < -0.39 is 33.9 Å². The number of carbonyl (C=O) groups is 1. The van der Waals surface area contributed by atoms with Crippen molar-refractivity contribution in [3.63, 3.8) is 0 Å². The Morgan fingerprint density at radius 2 is 2.00 bits per heavy atom. The van der Waals surface area contributed by atoms with Crippen LogP contribution in [0.4, 0.5) is 9.18 Å². The molecule has 0 aromatic rings. The lowest BCUT2D eigenvalue weighted by molar-refractivity contribution is 0.000697. The smallest absolute Gasteiger partial charge is 0.410 e. The molecule has 2 unspecified atom stereocenters. The SMILES string of the molecule is CC(C)(C)OC(=O)N1CCC(COS(C)(=O)=O)C(F)C1. The van der Waals surface area contributed by atoms with Crippen LogP contribution in [0.15, 0.2) is 0 Å². The van der Waals surface area contributed by atoms with Gasteiger partial charge < -0.3 is 9.64 Å². The van der Waals surface area contributed by atoms with Crippen molar-refractivity contribution in [2.45, 2.75) is 39.0 Å². The zero-order valence-electron chi connectivity index (χ0n) is 12.3. The first kappa shape index (κ1) is 17.2. The number of nitrogens with zero attached hydrogens (tertiary/aromatic N) is 1. The summed E-state index contributed by atoms with van der Waals surface area (Å²) in [4.78, 5) is 13.1. The molecule has 0 N–H and O–H groups in total. The highest BCUT2D eigenvalue weighted by molar-refractivity contribution is 7.85. The third-order valence-corrected chi connectivity index (χ3v) is 3.39. The van der Waals surface area contributed by atoms with Crippen LogP contribution in [-0.2, 0) is 19.0 Å². The maximum atomic E-state index is 13.9. The number of likely N-dealkylation sites (tertiary alicyclic amines) is 1. The van der Waals surface area contributed by atoms with Gasteiger partial charge in [-0.1, -0.05) is 0 Å². The summed E-state index contributed by atoms with van der Waals surface area (Å²) in [5.41, 5.74) is -0.626. The van der Waals surface area contributed by atoms with E-state index in [0.29, 0.717) is 13.0 Å². The van der Waals surface area contributed by atoms with Gasteiger partial charge in [0.15, 0.2) is 0 Å². The number of alkyl halides is 1. The van der Waals surface area contributed by atoms with E-state index in [1.54, 1.807) is 20.8 Å². The van der Waals surface area contributed by atoms with E-state index in [4.69, 9.17) is 4.74 Å². The molecule has 8 heteroatoms. The molecule has 0 radical (unpaired) electrons. The van der Waals surface area contributed by atoms with Crippen molar-refractivity contribution < 1.29 is 26.5 Å². The molecule has 20 heavy (non-hydrogen) atoms. The fourth-order valence-electron chi connectivity index (χ4n) is 1.84. The average molecular weight is 311 g/mol.